The highest BCUT2D eigenvalue weighted by Gasteiger charge is 2.67. The Bertz CT molecular complexity index is 2690. The zero-order chi connectivity index (χ0) is 46.0. The third kappa shape index (κ3) is 7.83. The number of urea groups is 2. The lowest BCUT2D eigenvalue weighted by Gasteiger charge is -2.74. The van der Waals surface area contributed by atoms with Gasteiger partial charge >= 0.3 is 12.1 Å². The average Bonchev–Trinajstić information content (AvgIpc) is 3.73. The third-order valence-corrected chi connectivity index (χ3v) is 14.9. The first-order valence-corrected chi connectivity index (χ1v) is 24.2. The monoisotopic (exact) mass is 907 g/mol. The molecule has 5 aromatic rings. The van der Waals surface area contributed by atoms with Gasteiger partial charge in [-0.05, 0) is 94.5 Å². The molecule has 0 radical (unpaired) electrons. The van der Waals surface area contributed by atoms with Crippen LogP contribution >= 0.6 is 0 Å². The van der Waals surface area contributed by atoms with Crippen molar-refractivity contribution in [2.24, 2.45) is 5.92 Å². The van der Waals surface area contributed by atoms with Gasteiger partial charge < -0.3 is 45.1 Å². The molecular formula is C50H61N13O4. The van der Waals surface area contributed by atoms with Gasteiger partial charge in [0, 0.05) is 103 Å². The van der Waals surface area contributed by atoms with Gasteiger partial charge in [0.15, 0.2) is 17.5 Å². The second-order valence-corrected chi connectivity index (χ2v) is 19.4. The number of hydrogen-bond donors (Lipinski definition) is 4. The van der Waals surface area contributed by atoms with Crippen molar-refractivity contribution in [3.05, 3.63) is 77.2 Å². The first-order valence-electron chi connectivity index (χ1n) is 24.2. The van der Waals surface area contributed by atoms with E-state index >= 15 is 0 Å². The van der Waals surface area contributed by atoms with E-state index in [1.807, 2.05) is 55.5 Å². The van der Waals surface area contributed by atoms with Gasteiger partial charge in [-0.2, -0.15) is 0 Å². The molecule has 9 heterocycles. The minimum atomic E-state index is -0.285. The molecule has 3 aromatic heterocycles. The summed E-state index contributed by atoms with van der Waals surface area (Å²) in [5.41, 5.74) is 8.72. The molecule has 4 amide bonds. The number of morpholine rings is 2. The highest BCUT2D eigenvalue weighted by molar-refractivity contribution is 5.90. The maximum absolute atomic E-state index is 13.2. The topological polar surface area (TPSA) is 180 Å². The van der Waals surface area contributed by atoms with E-state index in [1.54, 1.807) is 0 Å². The standard InChI is InChI=1S/C50H61N13O4/c1-6-51-48(64)54-34-13-9-33(10-14-34)44-57-42-38(45(58-44)61-19-21-66-27-30(61)4)16-18-60-26-36(53-47(42)60)15-17-52-49(65)55-35-11-7-32(8-12-35)43-56-39-23-37-24-50(29(2)3)25-40(63(37)50)41(39)46(59-43)62-20-22-67-28-31(62)5/h7-14,26,29-31,37,40H,6,15-25,27-28H2,1-5H3,(H2,51,54,64)(H2,52,55,65)/t30-,31-,37?,40?,50?/m0/s1. The number of anilines is 4. The minimum absolute atomic E-state index is 0.148. The largest absolute Gasteiger partial charge is 0.377 e. The summed E-state index contributed by atoms with van der Waals surface area (Å²) in [7, 11) is 0. The second-order valence-electron chi connectivity index (χ2n) is 19.4. The van der Waals surface area contributed by atoms with Crippen molar-refractivity contribution in [3.8, 4) is 34.3 Å². The zero-order valence-electron chi connectivity index (χ0n) is 39.1. The molecule has 4 N–H and O–H groups in total. The molecule has 0 bridgehead atoms. The Balaban J connectivity index is 0.770. The quantitative estimate of drug-likeness (QED) is 0.114. The summed E-state index contributed by atoms with van der Waals surface area (Å²) >= 11 is 0. The van der Waals surface area contributed by atoms with Crippen molar-refractivity contribution >= 4 is 35.1 Å². The second kappa shape index (κ2) is 17.5. The van der Waals surface area contributed by atoms with Crippen LogP contribution in [0.15, 0.2) is 54.7 Å². The van der Waals surface area contributed by atoms with Gasteiger partial charge in [-0.25, -0.2) is 34.5 Å². The third-order valence-electron chi connectivity index (χ3n) is 14.9. The first kappa shape index (κ1) is 43.4. The summed E-state index contributed by atoms with van der Waals surface area (Å²) in [6, 6.07) is 16.2. The molecule has 5 atom stereocenters. The Morgan fingerprint density at radius 1 is 0.776 bits per heavy atom. The van der Waals surface area contributed by atoms with Gasteiger partial charge in [0.1, 0.15) is 17.3 Å². The Hall–Kier alpha value is -6.17. The molecule has 2 aromatic carbocycles. The highest BCUT2D eigenvalue weighted by Crippen LogP contribution is 2.65. The van der Waals surface area contributed by atoms with Crippen LogP contribution in [-0.4, -0.2) is 123 Å². The average molecular weight is 908 g/mol. The highest BCUT2D eigenvalue weighted by atomic mass is 16.5. The van der Waals surface area contributed by atoms with Gasteiger partial charge in [0.25, 0.3) is 0 Å². The molecule has 0 aliphatic carbocycles. The van der Waals surface area contributed by atoms with Crippen LogP contribution in [0.2, 0.25) is 0 Å². The number of carbonyl (C=O) groups excluding carboxylic acids is 2. The van der Waals surface area contributed by atoms with Crippen LogP contribution in [0.4, 0.5) is 32.6 Å². The van der Waals surface area contributed by atoms with E-state index in [-0.39, 0.29) is 24.1 Å². The first-order chi connectivity index (χ1) is 32.6. The maximum atomic E-state index is 13.2. The van der Waals surface area contributed by atoms with Gasteiger partial charge in [-0.3, -0.25) is 4.90 Å². The summed E-state index contributed by atoms with van der Waals surface area (Å²) in [4.78, 5) is 58.9. The Kier molecular flexibility index (Phi) is 11.3. The van der Waals surface area contributed by atoms with E-state index < -0.39 is 0 Å². The number of hydrogen-bond acceptors (Lipinski definition) is 12. The number of nitrogens with one attached hydrogen (secondary N) is 4. The van der Waals surface area contributed by atoms with Crippen LogP contribution in [0.3, 0.4) is 0 Å². The van der Waals surface area contributed by atoms with E-state index in [1.165, 1.54) is 24.1 Å². The molecule has 6 aliphatic rings. The number of benzene rings is 2. The molecule has 0 spiro atoms. The summed E-state index contributed by atoms with van der Waals surface area (Å²) < 4.78 is 13.8. The lowest BCUT2D eigenvalue weighted by molar-refractivity contribution is -0.230. The summed E-state index contributed by atoms with van der Waals surface area (Å²) in [6.07, 6.45) is 6.75. The summed E-state index contributed by atoms with van der Waals surface area (Å²) in [5.74, 6) is 4.71. The number of nitrogens with zero attached hydrogens (tertiary/aromatic N) is 9. The van der Waals surface area contributed by atoms with Gasteiger partial charge in [0.05, 0.1) is 49.9 Å². The van der Waals surface area contributed by atoms with E-state index in [2.05, 4.69) is 74.4 Å². The number of amides is 4. The van der Waals surface area contributed by atoms with Crippen LogP contribution in [0.5, 0.6) is 0 Å². The van der Waals surface area contributed by atoms with Crippen molar-refractivity contribution in [1.82, 2.24) is 45.0 Å². The van der Waals surface area contributed by atoms with E-state index in [4.69, 9.17) is 34.4 Å². The van der Waals surface area contributed by atoms with Crippen LogP contribution in [-0.2, 0) is 35.3 Å². The normalized spacial score (nSPS) is 23.8. The maximum Gasteiger partial charge on any atom is 0.319 e. The Morgan fingerprint density at radius 3 is 2.04 bits per heavy atom. The molecule has 17 heteroatoms. The molecule has 4 fully saturated rings. The number of rotatable bonds is 11. The van der Waals surface area contributed by atoms with Crippen molar-refractivity contribution in [2.75, 3.05) is 73.0 Å². The smallest absolute Gasteiger partial charge is 0.319 e. The lowest BCUT2D eigenvalue weighted by atomic mass is 9.55. The summed E-state index contributed by atoms with van der Waals surface area (Å²) in [6.45, 7) is 16.9. The van der Waals surface area contributed by atoms with Gasteiger partial charge in [-0.15, -0.1) is 0 Å². The predicted molar refractivity (Wildman–Crippen MR) is 257 cm³/mol. The molecule has 67 heavy (non-hydrogen) atoms. The fourth-order valence-electron chi connectivity index (χ4n) is 11.4. The van der Waals surface area contributed by atoms with Crippen LogP contribution in [0.1, 0.15) is 76.0 Å². The fourth-order valence-corrected chi connectivity index (χ4v) is 11.4. The van der Waals surface area contributed by atoms with Crippen molar-refractivity contribution in [1.29, 1.82) is 0 Å². The molecule has 3 unspecified atom stereocenters. The van der Waals surface area contributed by atoms with E-state index in [0.29, 0.717) is 86.7 Å². The number of piperidine rings is 1. The fraction of sp³-hybridized carbons (Fsp3) is 0.500. The molecule has 6 aliphatic heterocycles. The number of fused-ring (bicyclic) bond motifs is 5. The molecular weight excluding hydrogens is 847 g/mol. The van der Waals surface area contributed by atoms with Crippen LogP contribution < -0.4 is 31.1 Å². The zero-order valence-corrected chi connectivity index (χ0v) is 39.1. The van der Waals surface area contributed by atoms with Crippen LogP contribution in [0, 0.1) is 5.92 Å². The van der Waals surface area contributed by atoms with Gasteiger partial charge in [-0.1, -0.05) is 13.8 Å². The summed E-state index contributed by atoms with van der Waals surface area (Å²) in [5, 5.41) is 11.7. The van der Waals surface area contributed by atoms with Crippen molar-refractivity contribution in [3.63, 3.8) is 0 Å². The van der Waals surface area contributed by atoms with Crippen molar-refractivity contribution < 1.29 is 19.1 Å². The van der Waals surface area contributed by atoms with Gasteiger partial charge in [0.2, 0.25) is 0 Å². The molecule has 17 nitrogen and oxygen atoms in total. The number of aromatic nitrogens is 6. The molecule has 4 saturated heterocycles. The molecule has 0 saturated carbocycles. The molecule has 350 valence electrons. The minimum Gasteiger partial charge on any atom is -0.377 e. The molecule has 11 rings (SSSR count). The number of ether oxygens (including phenoxy) is 2. The van der Waals surface area contributed by atoms with E-state index in [0.717, 1.165) is 83.8 Å². The SMILES string of the molecule is CCNC(=O)Nc1ccc(-c2nc3c(c(N4CCOC[C@@H]4C)n2)CCn2cc(CCNC(=O)Nc4ccc(-c5nc6c(c(N7CCOC[C@@H]7C)n5)C5CC7(C(C)C)CC(C6)N57)cc4)nc2-3)cc1. The number of imidazole rings is 1. The van der Waals surface area contributed by atoms with Crippen molar-refractivity contribution in [2.45, 2.75) is 103 Å². The number of aryl methyl sites for hydroxylation is 1. The van der Waals surface area contributed by atoms with E-state index in [9.17, 15) is 9.59 Å². The van der Waals surface area contributed by atoms with Crippen LogP contribution in [0.25, 0.3) is 34.3 Å². The predicted octanol–water partition coefficient (Wildman–Crippen LogP) is 6.45. The lowest BCUT2D eigenvalue weighted by Crippen LogP contribution is -2.79. The Labute approximate surface area is 391 Å². The number of carbonyl (C=O) groups is 2. The Morgan fingerprint density at radius 2 is 1.40 bits per heavy atom.